The van der Waals surface area contributed by atoms with Crippen molar-refractivity contribution in [2.45, 2.75) is 0 Å². The van der Waals surface area contributed by atoms with E-state index in [4.69, 9.17) is 13.8 Å². The Kier molecular flexibility index (Phi) is 8.79. The maximum Gasteiger partial charge on any atom is 0.227 e. The van der Waals surface area contributed by atoms with Crippen LogP contribution in [0.15, 0.2) is 239 Å². The van der Waals surface area contributed by atoms with E-state index >= 15 is 0 Å². The molecule has 0 radical (unpaired) electrons. The van der Waals surface area contributed by atoms with Gasteiger partial charge >= 0.3 is 0 Å². The second kappa shape index (κ2) is 15.2. The van der Waals surface area contributed by atoms with E-state index < -0.39 is 0 Å². The standard InChI is InChI=1S/C59H38N2O2/c1-3-11-39(12-4-1)42-19-21-43(22-20-42)45-27-33-50(34-28-45)61(49-31-25-44(26-32-49)40-13-5-2-6-14-40)51-35-29-46(30-36-51)56-57-52-17-9-10-18-53(52)62-54(57)38-55-58(56)60-59(63-55)48-24-23-41-15-7-8-16-47(41)37-48/h1-38H. The Balaban J connectivity index is 0.959. The monoisotopic (exact) mass is 806 g/mol. The molecule has 0 spiro atoms. The average Bonchev–Trinajstić information content (AvgIpc) is 3.96. The Morgan fingerprint density at radius 3 is 1.37 bits per heavy atom. The van der Waals surface area contributed by atoms with E-state index in [9.17, 15) is 0 Å². The fraction of sp³-hybridized carbons (Fsp3) is 0. The lowest BCUT2D eigenvalue weighted by Gasteiger charge is -2.26. The molecule has 0 saturated carbocycles. The minimum absolute atomic E-state index is 0.575. The van der Waals surface area contributed by atoms with Crippen molar-refractivity contribution in [2.75, 3.05) is 4.90 Å². The van der Waals surface area contributed by atoms with Gasteiger partial charge in [0.15, 0.2) is 5.58 Å². The molecule has 0 saturated heterocycles. The third kappa shape index (κ3) is 6.62. The zero-order chi connectivity index (χ0) is 41.7. The molecule has 0 N–H and O–H groups in total. The van der Waals surface area contributed by atoms with E-state index in [1.165, 1.54) is 33.2 Å². The molecule has 0 aliphatic heterocycles. The minimum Gasteiger partial charge on any atom is -0.456 e. The third-order valence-electron chi connectivity index (χ3n) is 12.1. The van der Waals surface area contributed by atoms with Crippen molar-refractivity contribution in [2.24, 2.45) is 0 Å². The molecule has 0 amide bonds. The molecule has 4 nitrogen and oxygen atoms in total. The van der Waals surface area contributed by atoms with Crippen molar-refractivity contribution in [1.29, 1.82) is 0 Å². The van der Waals surface area contributed by atoms with Gasteiger partial charge in [-0.25, -0.2) is 4.98 Å². The van der Waals surface area contributed by atoms with E-state index in [1.54, 1.807) is 0 Å². The number of rotatable bonds is 8. The highest BCUT2D eigenvalue weighted by atomic mass is 16.4. The number of hydrogen-bond donors (Lipinski definition) is 0. The Bertz CT molecular complexity index is 3570. The second-order valence-electron chi connectivity index (χ2n) is 15.9. The van der Waals surface area contributed by atoms with Crippen LogP contribution < -0.4 is 4.90 Å². The molecular formula is C59H38N2O2. The zero-order valence-corrected chi connectivity index (χ0v) is 34.2. The highest BCUT2D eigenvalue weighted by Crippen LogP contribution is 2.44. The first-order valence-electron chi connectivity index (χ1n) is 21.3. The van der Waals surface area contributed by atoms with E-state index in [-0.39, 0.29) is 0 Å². The maximum atomic E-state index is 6.58. The molecule has 2 aromatic heterocycles. The van der Waals surface area contributed by atoms with Crippen LogP contribution in [-0.2, 0) is 0 Å². The van der Waals surface area contributed by atoms with Crippen molar-refractivity contribution in [3.05, 3.63) is 231 Å². The first-order valence-corrected chi connectivity index (χ1v) is 21.3. The minimum atomic E-state index is 0.575. The molecule has 0 atom stereocenters. The average molecular weight is 807 g/mol. The van der Waals surface area contributed by atoms with Gasteiger partial charge in [0.2, 0.25) is 5.89 Å². The first kappa shape index (κ1) is 36.4. The van der Waals surface area contributed by atoms with Crippen LogP contribution in [0.3, 0.4) is 0 Å². The molecule has 12 aromatic rings. The van der Waals surface area contributed by atoms with Gasteiger partial charge in [-0.3, -0.25) is 0 Å². The number of hydrogen-bond acceptors (Lipinski definition) is 4. The topological polar surface area (TPSA) is 42.4 Å². The van der Waals surface area contributed by atoms with Crippen LogP contribution in [-0.4, -0.2) is 4.98 Å². The van der Waals surface area contributed by atoms with Gasteiger partial charge in [-0.15, -0.1) is 0 Å². The molecule has 0 bridgehead atoms. The van der Waals surface area contributed by atoms with Crippen molar-refractivity contribution in [3.63, 3.8) is 0 Å². The lowest BCUT2D eigenvalue weighted by atomic mass is 9.97. The quantitative estimate of drug-likeness (QED) is 0.153. The summed E-state index contributed by atoms with van der Waals surface area (Å²) in [6, 6.07) is 81.2. The molecule has 296 valence electrons. The lowest BCUT2D eigenvalue weighted by molar-refractivity contribution is 0.617. The summed E-state index contributed by atoms with van der Waals surface area (Å²) in [7, 11) is 0. The number of nitrogens with zero attached hydrogens (tertiary/aromatic N) is 2. The van der Waals surface area contributed by atoms with Crippen molar-refractivity contribution in [1.82, 2.24) is 4.98 Å². The molecule has 0 aliphatic carbocycles. The number of anilines is 3. The first-order chi connectivity index (χ1) is 31.2. The normalized spacial score (nSPS) is 11.5. The number of furan rings is 1. The molecule has 10 aromatic carbocycles. The smallest absolute Gasteiger partial charge is 0.227 e. The number of fused-ring (bicyclic) bond motifs is 5. The summed E-state index contributed by atoms with van der Waals surface area (Å²) in [5.41, 5.74) is 16.3. The summed E-state index contributed by atoms with van der Waals surface area (Å²) in [5, 5.41) is 4.37. The Labute approximate surface area is 364 Å². The van der Waals surface area contributed by atoms with Gasteiger partial charge in [0, 0.05) is 45.0 Å². The van der Waals surface area contributed by atoms with Crippen LogP contribution in [0.1, 0.15) is 0 Å². The predicted octanol–water partition coefficient (Wildman–Crippen LogP) is 16.7. The molecule has 0 unspecified atom stereocenters. The van der Waals surface area contributed by atoms with Crippen LogP contribution in [0, 0.1) is 0 Å². The lowest BCUT2D eigenvalue weighted by Crippen LogP contribution is -2.09. The summed E-state index contributed by atoms with van der Waals surface area (Å²) in [4.78, 5) is 7.54. The Morgan fingerprint density at radius 1 is 0.317 bits per heavy atom. The maximum absolute atomic E-state index is 6.58. The molecule has 2 heterocycles. The zero-order valence-electron chi connectivity index (χ0n) is 34.2. The SMILES string of the molecule is c1ccc(-c2ccc(-c3ccc(N(c4ccc(-c5ccccc5)cc4)c4ccc(-c5c6nc(-c7ccc8ccccc8c7)oc6cc6oc7ccccc7c56)cc4)cc3)cc2)cc1. The Hall–Kier alpha value is -8.47. The van der Waals surface area contributed by atoms with E-state index in [0.29, 0.717) is 11.5 Å². The van der Waals surface area contributed by atoms with Crippen LogP contribution >= 0.6 is 0 Å². The van der Waals surface area contributed by atoms with Gasteiger partial charge in [-0.2, -0.15) is 0 Å². The molecule has 4 heteroatoms. The summed E-state index contributed by atoms with van der Waals surface area (Å²) in [6.45, 7) is 0. The number of oxazole rings is 1. The van der Waals surface area contributed by atoms with Crippen LogP contribution in [0.2, 0.25) is 0 Å². The van der Waals surface area contributed by atoms with Crippen LogP contribution in [0.5, 0.6) is 0 Å². The Morgan fingerprint density at radius 2 is 0.778 bits per heavy atom. The molecule has 12 rings (SSSR count). The molecule has 63 heavy (non-hydrogen) atoms. The molecular weight excluding hydrogens is 769 g/mol. The van der Waals surface area contributed by atoms with Gasteiger partial charge in [-0.05, 0) is 104 Å². The van der Waals surface area contributed by atoms with Gasteiger partial charge < -0.3 is 13.7 Å². The van der Waals surface area contributed by atoms with E-state index in [2.05, 4.69) is 217 Å². The molecule has 0 aliphatic rings. The highest BCUT2D eigenvalue weighted by Gasteiger charge is 2.22. The fourth-order valence-corrected chi connectivity index (χ4v) is 8.94. The summed E-state index contributed by atoms with van der Waals surface area (Å²) < 4.78 is 13.1. The molecule has 0 fully saturated rings. The van der Waals surface area contributed by atoms with Crippen molar-refractivity contribution >= 4 is 60.9 Å². The van der Waals surface area contributed by atoms with Gasteiger partial charge in [0.05, 0.1) is 0 Å². The third-order valence-corrected chi connectivity index (χ3v) is 12.1. The largest absolute Gasteiger partial charge is 0.456 e. The summed E-state index contributed by atoms with van der Waals surface area (Å²) in [5.74, 6) is 0.575. The van der Waals surface area contributed by atoms with Gasteiger partial charge in [0.1, 0.15) is 16.7 Å². The second-order valence-corrected chi connectivity index (χ2v) is 15.9. The van der Waals surface area contributed by atoms with Gasteiger partial charge in [0.25, 0.3) is 0 Å². The van der Waals surface area contributed by atoms with Crippen molar-refractivity contribution < 1.29 is 8.83 Å². The number of aromatic nitrogens is 1. The predicted molar refractivity (Wildman–Crippen MR) is 261 cm³/mol. The van der Waals surface area contributed by atoms with Gasteiger partial charge in [-0.1, -0.05) is 170 Å². The fourth-order valence-electron chi connectivity index (χ4n) is 8.94. The number of para-hydroxylation sites is 1. The number of benzene rings is 10. The van der Waals surface area contributed by atoms with Crippen molar-refractivity contribution in [3.8, 4) is 56.0 Å². The summed E-state index contributed by atoms with van der Waals surface area (Å²) in [6.07, 6.45) is 0. The van der Waals surface area contributed by atoms with E-state index in [1.807, 2.05) is 18.2 Å². The van der Waals surface area contributed by atoms with Crippen LogP contribution in [0.25, 0.3) is 99.8 Å². The summed E-state index contributed by atoms with van der Waals surface area (Å²) >= 11 is 0. The van der Waals surface area contributed by atoms with Crippen LogP contribution in [0.4, 0.5) is 17.1 Å². The van der Waals surface area contributed by atoms with E-state index in [0.717, 1.165) is 72.2 Å². The highest BCUT2D eigenvalue weighted by molar-refractivity contribution is 6.19.